The van der Waals surface area contributed by atoms with Crippen LogP contribution in [0.25, 0.3) is 11.0 Å². The number of aromatic nitrogens is 4. The summed E-state index contributed by atoms with van der Waals surface area (Å²) < 4.78 is 3.74. The molecule has 0 saturated heterocycles. The molecule has 3 rings (SSSR count). The minimum Gasteiger partial charge on any atom is -0.369 e. The molecule has 2 N–H and O–H groups in total. The molecule has 0 aliphatic carbocycles. The third-order valence-electron chi connectivity index (χ3n) is 3.13. The molecule has 0 spiro atoms. The molecule has 2 aromatic heterocycles. The highest BCUT2D eigenvalue weighted by molar-refractivity contribution is 6.35. The zero-order valence-electron chi connectivity index (χ0n) is 10.5. The van der Waals surface area contributed by atoms with Crippen LogP contribution in [-0.2, 0) is 20.0 Å². The van der Waals surface area contributed by atoms with Gasteiger partial charge in [-0.1, -0.05) is 17.7 Å². The van der Waals surface area contributed by atoms with Crippen LogP contribution in [-0.4, -0.2) is 19.3 Å². The van der Waals surface area contributed by atoms with E-state index >= 15 is 0 Å². The van der Waals surface area contributed by atoms with Crippen molar-refractivity contribution < 1.29 is 0 Å². The van der Waals surface area contributed by atoms with E-state index in [1.165, 1.54) is 0 Å². The number of halogens is 1. The van der Waals surface area contributed by atoms with Gasteiger partial charge in [-0.3, -0.25) is 4.68 Å². The number of nitrogens with zero attached hydrogens (tertiary/aromatic N) is 4. The largest absolute Gasteiger partial charge is 0.369 e. The maximum absolute atomic E-state index is 6.23. The van der Waals surface area contributed by atoms with E-state index in [1.807, 2.05) is 42.2 Å². The van der Waals surface area contributed by atoms with Crippen molar-refractivity contribution in [3.8, 4) is 0 Å². The average Bonchev–Trinajstić information content (AvgIpc) is 2.91. The fraction of sp³-hybridized carbons (Fsp3) is 0.231. The van der Waals surface area contributed by atoms with Crippen molar-refractivity contribution in [2.45, 2.75) is 13.0 Å². The molecule has 2 heterocycles. The molecule has 0 aliphatic heterocycles. The molecule has 0 bridgehead atoms. The van der Waals surface area contributed by atoms with E-state index in [9.17, 15) is 0 Å². The Labute approximate surface area is 115 Å². The van der Waals surface area contributed by atoms with Gasteiger partial charge in [-0.15, -0.1) is 0 Å². The van der Waals surface area contributed by atoms with Gasteiger partial charge in [0.2, 0.25) is 5.95 Å². The van der Waals surface area contributed by atoms with Gasteiger partial charge in [0, 0.05) is 19.8 Å². The van der Waals surface area contributed by atoms with Crippen LogP contribution in [0.15, 0.2) is 30.6 Å². The Bertz CT molecular complexity index is 728. The van der Waals surface area contributed by atoms with Crippen LogP contribution in [0.2, 0.25) is 5.02 Å². The second-order valence-electron chi connectivity index (χ2n) is 4.50. The number of imidazole rings is 1. The number of anilines is 1. The number of benzene rings is 1. The molecule has 98 valence electrons. The summed E-state index contributed by atoms with van der Waals surface area (Å²) in [6, 6.07) is 5.65. The number of aryl methyl sites for hydroxylation is 3. The van der Waals surface area contributed by atoms with E-state index in [0.29, 0.717) is 11.0 Å². The number of hydrogen-bond acceptors (Lipinski definition) is 3. The summed E-state index contributed by atoms with van der Waals surface area (Å²) in [7, 11) is 1.90. The fourth-order valence-electron chi connectivity index (χ4n) is 2.23. The lowest BCUT2D eigenvalue weighted by Gasteiger charge is -2.06. The molecule has 0 saturated carbocycles. The second kappa shape index (κ2) is 4.59. The lowest BCUT2D eigenvalue weighted by molar-refractivity contribution is 0.723. The van der Waals surface area contributed by atoms with E-state index in [2.05, 4.69) is 10.1 Å². The van der Waals surface area contributed by atoms with Gasteiger partial charge in [-0.25, -0.2) is 4.98 Å². The van der Waals surface area contributed by atoms with E-state index in [0.717, 1.165) is 29.6 Å². The van der Waals surface area contributed by atoms with E-state index in [4.69, 9.17) is 17.3 Å². The molecule has 3 aromatic rings. The van der Waals surface area contributed by atoms with Gasteiger partial charge in [0.05, 0.1) is 22.3 Å². The van der Waals surface area contributed by atoms with E-state index in [1.54, 1.807) is 4.68 Å². The molecule has 0 aliphatic rings. The van der Waals surface area contributed by atoms with Crippen LogP contribution in [0.4, 0.5) is 5.95 Å². The monoisotopic (exact) mass is 275 g/mol. The van der Waals surface area contributed by atoms with Gasteiger partial charge in [-0.05, 0) is 24.1 Å². The number of nitrogen functional groups attached to an aromatic ring is 1. The summed E-state index contributed by atoms with van der Waals surface area (Å²) in [6.07, 6.45) is 4.70. The normalized spacial score (nSPS) is 11.3. The smallest absolute Gasteiger partial charge is 0.201 e. The van der Waals surface area contributed by atoms with Crippen LogP contribution in [0.3, 0.4) is 0 Å². The predicted octanol–water partition coefficient (Wildman–Crippen LogP) is 2.25. The molecule has 0 radical (unpaired) electrons. The van der Waals surface area contributed by atoms with Crippen molar-refractivity contribution in [3.05, 3.63) is 41.2 Å². The van der Waals surface area contributed by atoms with Crippen LogP contribution in [0, 0.1) is 0 Å². The molecule has 5 nitrogen and oxygen atoms in total. The standard InChI is InChI=1S/C13H14ClN5/c1-18-8-9(7-16-18)5-6-19-12-10(14)3-2-4-11(12)17-13(19)15/h2-4,7-8H,5-6H2,1H3,(H2,15,17). The number of rotatable bonds is 3. The third-order valence-corrected chi connectivity index (χ3v) is 3.43. The molecule has 0 fully saturated rings. The molecule has 0 atom stereocenters. The first kappa shape index (κ1) is 12.0. The SMILES string of the molecule is Cn1cc(CCn2c(N)nc3cccc(Cl)c32)cn1. The molecule has 0 unspecified atom stereocenters. The maximum Gasteiger partial charge on any atom is 0.201 e. The minimum absolute atomic E-state index is 0.493. The maximum atomic E-state index is 6.23. The van der Waals surface area contributed by atoms with E-state index < -0.39 is 0 Å². The van der Waals surface area contributed by atoms with Gasteiger partial charge in [0.1, 0.15) is 0 Å². The molecule has 6 heteroatoms. The number of hydrogen-bond donors (Lipinski definition) is 1. The quantitative estimate of drug-likeness (QED) is 0.797. The van der Waals surface area contributed by atoms with Crippen molar-refractivity contribution in [3.63, 3.8) is 0 Å². The fourth-order valence-corrected chi connectivity index (χ4v) is 2.50. The Morgan fingerprint density at radius 1 is 1.37 bits per heavy atom. The summed E-state index contributed by atoms with van der Waals surface area (Å²) in [6.45, 7) is 0.734. The highest BCUT2D eigenvalue weighted by atomic mass is 35.5. The number of fused-ring (bicyclic) bond motifs is 1. The molecular weight excluding hydrogens is 262 g/mol. The summed E-state index contributed by atoms with van der Waals surface area (Å²) in [5.41, 5.74) is 8.85. The number of nitrogens with two attached hydrogens (primary N) is 1. The minimum atomic E-state index is 0.493. The Kier molecular flexibility index (Phi) is 2.91. The first-order valence-electron chi connectivity index (χ1n) is 6.03. The molecular formula is C13H14ClN5. The molecule has 19 heavy (non-hydrogen) atoms. The van der Waals surface area contributed by atoms with Gasteiger partial charge in [-0.2, -0.15) is 5.10 Å². The van der Waals surface area contributed by atoms with Crippen LogP contribution < -0.4 is 5.73 Å². The Morgan fingerprint density at radius 2 is 2.21 bits per heavy atom. The van der Waals surface area contributed by atoms with Crippen LogP contribution in [0.1, 0.15) is 5.56 Å². The zero-order chi connectivity index (χ0) is 13.4. The lowest BCUT2D eigenvalue weighted by Crippen LogP contribution is -2.05. The van der Waals surface area contributed by atoms with Gasteiger partial charge >= 0.3 is 0 Å². The Hall–Kier alpha value is -2.01. The Morgan fingerprint density at radius 3 is 2.95 bits per heavy atom. The summed E-state index contributed by atoms with van der Waals surface area (Å²) >= 11 is 6.23. The van der Waals surface area contributed by atoms with Gasteiger partial charge < -0.3 is 10.3 Å². The van der Waals surface area contributed by atoms with Crippen LogP contribution in [0.5, 0.6) is 0 Å². The van der Waals surface area contributed by atoms with Gasteiger partial charge in [0.15, 0.2) is 0 Å². The summed E-state index contributed by atoms with van der Waals surface area (Å²) in [5.74, 6) is 0.493. The van der Waals surface area contributed by atoms with Crippen molar-refractivity contribution >= 4 is 28.6 Å². The van der Waals surface area contributed by atoms with Crippen molar-refractivity contribution in [2.75, 3.05) is 5.73 Å². The average molecular weight is 276 g/mol. The van der Waals surface area contributed by atoms with Crippen molar-refractivity contribution in [1.29, 1.82) is 0 Å². The van der Waals surface area contributed by atoms with Crippen molar-refractivity contribution in [2.24, 2.45) is 7.05 Å². The van der Waals surface area contributed by atoms with Gasteiger partial charge in [0.25, 0.3) is 0 Å². The highest BCUT2D eigenvalue weighted by Gasteiger charge is 2.11. The lowest BCUT2D eigenvalue weighted by atomic mass is 10.2. The molecule has 1 aromatic carbocycles. The van der Waals surface area contributed by atoms with E-state index in [-0.39, 0.29) is 0 Å². The first-order valence-corrected chi connectivity index (χ1v) is 6.40. The highest BCUT2D eigenvalue weighted by Crippen LogP contribution is 2.25. The Balaban J connectivity index is 1.94. The van der Waals surface area contributed by atoms with Crippen LogP contribution >= 0.6 is 11.6 Å². The predicted molar refractivity (Wildman–Crippen MR) is 76.1 cm³/mol. The summed E-state index contributed by atoms with van der Waals surface area (Å²) in [4.78, 5) is 4.33. The topological polar surface area (TPSA) is 61.7 Å². The van der Waals surface area contributed by atoms with Crippen molar-refractivity contribution in [1.82, 2.24) is 19.3 Å². The second-order valence-corrected chi connectivity index (χ2v) is 4.91. The zero-order valence-corrected chi connectivity index (χ0v) is 11.3. The third kappa shape index (κ3) is 2.17. The summed E-state index contributed by atoms with van der Waals surface area (Å²) in [5, 5.41) is 4.83. The number of para-hydroxylation sites is 1. The first-order chi connectivity index (χ1) is 9.15. The molecule has 0 amide bonds.